The van der Waals surface area contributed by atoms with Crippen LogP contribution < -0.4 is 5.32 Å². The van der Waals surface area contributed by atoms with Gasteiger partial charge in [0.25, 0.3) is 0 Å². The maximum absolute atomic E-state index is 12.9. The van der Waals surface area contributed by atoms with Gasteiger partial charge in [0, 0.05) is 37.9 Å². The molecule has 144 valence electrons. The highest BCUT2D eigenvalue weighted by Gasteiger charge is 2.28. The van der Waals surface area contributed by atoms with E-state index >= 15 is 0 Å². The summed E-state index contributed by atoms with van der Waals surface area (Å²) in [5.74, 6) is 0.199. The summed E-state index contributed by atoms with van der Waals surface area (Å²) in [4.78, 5) is 14.4. The Balaban J connectivity index is 1.68. The molecule has 0 atom stereocenters. The number of piperazine rings is 1. The van der Waals surface area contributed by atoms with Crippen LogP contribution in [-0.2, 0) is 14.8 Å². The normalized spacial score (nSPS) is 16.6. The molecule has 1 N–H and O–H groups in total. The Bertz CT molecular complexity index is 899. The molecule has 2 aromatic rings. The number of nitrogens with zero attached hydrogens (tertiary/aromatic N) is 2. The molecule has 8 heteroatoms. The fraction of sp³-hybridized carbons (Fsp3) is 0.316. The fourth-order valence-corrected chi connectivity index (χ4v) is 4.37. The smallest absolute Gasteiger partial charge is 0.248 e. The number of hydrogen-bond donors (Lipinski definition) is 1. The van der Waals surface area contributed by atoms with Crippen molar-refractivity contribution in [2.24, 2.45) is 0 Å². The summed E-state index contributed by atoms with van der Waals surface area (Å²) < 4.78 is 32.4. The number of likely N-dealkylation sites (N-methyl/N-ethyl adjacent to an activating group) is 1. The van der Waals surface area contributed by atoms with Crippen molar-refractivity contribution in [1.29, 1.82) is 0 Å². The second-order valence-corrected chi connectivity index (χ2v) is 8.14. The van der Waals surface area contributed by atoms with Crippen LogP contribution in [0.3, 0.4) is 0 Å². The highest BCUT2D eigenvalue weighted by Crippen LogP contribution is 2.21. The Kier molecular flexibility index (Phi) is 6.10. The van der Waals surface area contributed by atoms with E-state index in [-0.39, 0.29) is 10.8 Å². The number of sulfonamides is 1. The van der Waals surface area contributed by atoms with Crippen LogP contribution in [0.5, 0.6) is 0 Å². The summed E-state index contributed by atoms with van der Waals surface area (Å²) in [6.07, 6.45) is 4.40. The molecule has 1 aromatic carbocycles. The van der Waals surface area contributed by atoms with Gasteiger partial charge < -0.3 is 14.6 Å². The summed E-state index contributed by atoms with van der Waals surface area (Å²) in [7, 11) is -3.58. The molecule has 1 saturated heterocycles. The molecule has 7 nitrogen and oxygen atoms in total. The molecule has 2 heterocycles. The third-order valence-corrected chi connectivity index (χ3v) is 6.35. The van der Waals surface area contributed by atoms with Gasteiger partial charge in [-0.25, -0.2) is 8.42 Å². The van der Waals surface area contributed by atoms with Gasteiger partial charge >= 0.3 is 0 Å². The van der Waals surface area contributed by atoms with Gasteiger partial charge in [-0.05, 0) is 43.0 Å². The minimum atomic E-state index is -3.58. The minimum Gasteiger partial charge on any atom is -0.465 e. The molecule has 1 aromatic heterocycles. The Morgan fingerprint density at radius 2 is 1.96 bits per heavy atom. The molecule has 1 aliphatic rings. The van der Waals surface area contributed by atoms with Gasteiger partial charge in [0.1, 0.15) is 5.76 Å². The minimum absolute atomic E-state index is 0.181. The maximum Gasteiger partial charge on any atom is 0.248 e. The lowest BCUT2D eigenvalue weighted by Gasteiger charge is -2.33. The van der Waals surface area contributed by atoms with Crippen molar-refractivity contribution in [3.05, 3.63) is 54.5 Å². The Morgan fingerprint density at radius 1 is 1.19 bits per heavy atom. The number of rotatable bonds is 6. The molecule has 0 saturated carbocycles. The van der Waals surface area contributed by atoms with Gasteiger partial charge in [-0.15, -0.1) is 0 Å². The molecule has 0 aliphatic carbocycles. The zero-order chi connectivity index (χ0) is 19.3. The number of hydrogen-bond acceptors (Lipinski definition) is 5. The monoisotopic (exact) mass is 389 g/mol. The van der Waals surface area contributed by atoms with Crippen LogP contribution in [0.25, 0.3) is 6.08 Å². The summed E-state index contributed by atoms with van der Waals surface area (Å²) in [6, 6.07) is 9.78. The van der Waals surface area contributed by atoms with Crippen molar-refractivity contribution < 1.29 is 17.6 Å². The van der Waals surface area contributed by atoms with Gasteiger partial charge in [-0.1, -0.05) is 13.0 Å². The first-order valence-corrected chi connectivity index (χ1v) is 10.3. The zero-order valence-corrected chi connectivity index (χ0v) is 16.0. The quantitative estimate of drug-likeness (QED) is 0.767. The molecule has 0 spiro atoms. The molecule has 0 bridgehead atoms. The lowest BCUT2D eigenvalue weighted by molar-refractivity contribution is -0.111. The predicted molar refractivity (Wildman–Crippen MR) is 104 cm³/mol. The number of carbonyl (C=O) groups excluding carboxylic acids is 1. The average Bonchev–Trinajstić information content (AvgIpc) is 3.20. The maximum atomic E-state index is 12.9. The summed E-state index contributed by atoms with van der Waals surface area (Å²) in [6.45, 7) is 5.38. The van der Waals surface area contributed by atoms with Crippen molar-refractivity contribution in [1.82, 2.24) is 9.21 Å². The van der Waals surface area contributed by atoms with Gasteiger partial charge in [0.2, 0.25) is 15.9 Å². The Labute approximate surface area is 159 Å². The second-order valence-electron chi connectivity index (χ2n) is 6.20. The molecule has 1 fully saturated rings. The van der Waals surface area contributed by atoms with E-state index < -0.39 is 10.0 Å². The second kappa shape index (κ2) is 8.51. The van der Waals surface area contributed by atoms with Crippen molar-refractivity contribution in [3.8, 4) is 0 Å². The van der Waals surface area contributed by atoms with Gasteiger partial charge in [0.15, 0.2) is 0 Å². The molecule has 1 aliphatic heterocycles. The molecule has 27 heavy (non-hydrogen) atoms. The fourth-order valence-electron chi connectivity index (χ4n) is 2.90. The number of carbonyl (C=O) groups is 1. The third kappa shape index (κ3) is 4.85. The van der Waals surface area contributed by atoms with Crippen LogP contribution >= 0.6 is 0 Å². The predicted octanol–water partition coefficient (Wildman–Crippen LogP) is 2.26. The molecule has 0 unspecified atom stereocenters. The van der Waals surface area contributed by atoms with Gasteiger partial charge in [-0.3, -0.25) is 4.79 Å². The van der Waals surface area contributed by atoms with Crippen LogP contribution in [0, 0.1) is 0 Å². The zero-order valence-electron chi connectivity index (χ0n) is 15.2. The van der Waals surface area contributed by atoms with Crippen LogP contribution in [0.2, 0.25) is 0 Å². The largest absolute Gasteiger partial charge is 0.465 e. The van der Waals surface area contributed by atoms with Crippen LogP contribution in [0.15, 0.2) is 58.1 Å². The van der Waals surface area contributed by atoms with E-state index in [4.69, 9.17) is 4.42 Å². The van der Waals surface area contributed by atoms with Crippen molar-refractivity contribution >= 4 is 27.7 Å². The molecular formula is C19H23N3O4S. The van der Waals surface area contributed by atoms with Crippen molar-refractivity contribution in [2.45, 2.75) is 11.8 Å². The van der Waals surface area contributed by atoms with Crippen molar-refractivity contribution in [2.75, 3.05) is 38.0 Å². The standard InChI is InChI=1S/C19H23N3O4S/c1-2-21-10-12-22(13-11-21)27(24,25)18-7-3-5-16(15-18)20-19(23)9-8-17-6-4-14-26-17/h3-9,14-15H,2,10-13H2,1H3,(H,20,23)/b9-8+. The highest BCUT2D eigenvalue weighted by atomic mass is 32.2. The third-order valence-electron chi connectivity index (χ3n) is 4.46. The van der Waals surface area contributed by atoms with Crippen LogP contribution in [0.4, 0.5) is 5.69 Å². The van der Waals surface area contributed by atoms with Crippen LogP contribution in [-0.4, -0.2) is 56.3 Å². The first-order valence-electron chi connectivity index (χ1n) is 8.84. The first kappa shape index (κ1) is 19.3. The number of anilines is 1. The van der Waals surface area contributed by atoms with E-state index in [9.17, 15) is 13.2 Å². The lowest BCUT2D eigenvalue weighted by Crippen LogP contribution is -2.48. The van der Waals surface area contributed by atoms with Crippen LogP contribution in [0.1, 0.15) is 12.7 Å². The van der Waals surface area contributed by atoms with Gasteiger partial charge in [0.05, 0.1) is 11.2 Å². The Morgan fingerprint density at radius 3 is 2.63 bits per heavy atom. The lowest BCUT2D eigenvalue weighted by atomic mass is 10.3. The van der Waals surface area contributed by atoms with Gasteiger partial charge in [-0.2, -0.15) is 4.31 Å². The Hall–Kier alpha value is -2.42. The SMILES string of the molecule is CCN1CCN(S(=O)(=O)c2cccc(NC(=O)/C=C/c3ccco3)c2)CC1. The summed E-state index contributed by atoms with van der Waals surface area (Å²) >= 11 is 0. The molecule has 3 rings (SSSR count). The van der Waals surface area contributed by atoms with E-state index in [1.807, 2.05) is 0 Å². The number of amides is 1. The topological polar surface area (TPSA) is 82.9 Å². The average molecular weight is 389 g/mol. The first-order chi connectivity index (χ1) is 13.0. The van der Waals surface area contributed by atoms with E-state index in [2.05, 4.69) is 17.1 Å². The number of furan rings is 1. The highest BCUT2D eigenvalue weighted by molar-refractivity contribution is 7.89. The number of nitrogens with one attached hydrogen (secondary N) is 1. The van der Waals surface area contributed by atoms with E-state index in [1.165, 1.54) is 22.7 Å². The number of benzene rings is 1. The molecular weight excluding hydrogens is 366 g/mol. The van der Waals surface area contributed by atoms with Crippen molar-refractivity contribution in [3.63, 3.8) is 0 Å². The molecule has 0 radical (unpaired) electrons. The van der Waals surface area contributed by atoms with E-state index in [1.54, 1.807) is 36.4 Å². The van der Waals surface area contributed by atoms with E-state index in [0.29, 0.717) is 24.5 Å². The summed E-state index contributed by atoms with van der Waals surface area (Å²) in [5.41, 5.74) is 0.428. The molecule has 1 amide bonds. The van der Waals surface area contributed by atoms with E-state index in [0.717, 1.165) is 19.6 Å². The summed E-state index contributed by atoms with van der Waals surface area (Å²) in [5, 5.41) is 2.68.